The summed E-state index contributed by atoms with van der Waals surface area (Å²) in [6.07, 6.45) is 4.41. The van der Waals surface area contributed by atoms with Crippen molar-refractivity contribution in [3.63, 3.8) is 0 Å². The van der Waals surface area contributed by atoms with Gasteiger partial charge in [-0.2, -0.15) is 0 Å². The lowest BCUT2D eigenvalue weighted by Crippen LogP contribution is -2.39. The van der Waals surface area contributed by atoms with Crippen molar-refractivity contribution in [2.24, 2.45) is 0 Å². The van der Waals surface area contributed by atoms with Crippen molar-refractivity contribution in [3.05, 3.63) is 0 Å². The number of nitrogens with zero attached hydrogens (tertiary/aromatic N) is 1. The average molecular weight is 231 g/mol. The molecule has 0 aromatic rings. The first-order valence-corrected chi connectivity index (χ1v) is 6.22. The number of carboxylic acid groups (broad SMARTS) is 1. The first-order valence-electron chi connectivity index (χ1n) is 6.22. The highest BCUT2D eigenvalue weighted by molar-refractivity contribution is 5.66. The molecule has 2 N–H and O–H groups in total. The van der Waals surface area contributed by atoms with Crippen LogP contribution >= 0.6 is 0 Å². The molecule has 0 bridgehead atoms. The number of hydrogen-bond donors (Lipinski definition) is 2. The molecular formula is C12H25NO3. The topological polar surface area (TPSA) is 60.8 Å². The maximum absolute atomic E-state index is 10.5. The molecule has 0 saturated carbocycles. The monoisotopic (exact) mass is 231 g/mol. The third kappa shape index (κ3) is 6.80. The van der Waals surface area contributed by atoms with Crippen LogP contribution in [0.5, 0.6) is 0 Å². The third-order valence-corrected chi connectivity index (χ3v) is 2.86. The Hall–Kier alpha value is -0.610. The predicted molar refractivity (Wildman–Crippen MR) is 64.5 cm³/mol. The minimum Gasteiger partial charge on any atom is -0.481 e. The summed E-state index contributed by atoms with van der Waals surface area (Å²) in [5, 5.41) is 17.9. The van der Waals surface area contributed by atoms with Crippen LogP contribution in [0.25, 0.3) is 0 Å². The van der Waals surface area contributed by atoms with Gasteiger partial charge in [-0.3, -0.25) is 9.69 Å². The van der Waals surface area contributed by atoms with E-state index in [0.717, 1.165) is 32.2 Å². The first-order chi connectivity index (χ1) is 7.65. The fourth-order valence-electron chi connectivity index (χ4n) is 1.78. The maximum Gasteiger partial charge on any atom is 0.304 e. The Kier molecular flexibility index (Phi) is 9.24. The zero-order valence-electron chi connectivity index (χ0n) is 10.5. The van der Waals surface area contributed by atoms with E-state index >= 15 is 0 Å². The Morgan fingerprint density at radius 2 is 1.94 bits per heavy atom. The molecule has 0 spiro atoms. The normalized spacial score (nSPS) is 13.0. The number of unbranched alkanes of at least 4 members (excludes halogenated alkanes) is 2. The van der Waals surface area contributed by atoms with E-state index in [1.807, 2.05) is 6.92 Å². The molecule has 0 fully saturated rings. The van der Waals surface area contributed by atoms with E-state index in [2.05, 4.69) is 11.8 Å². The molecule has 1 unspecified atom stereocenters. The second-order valence-corrected chi connectivity index (χ2v) is 4.13. The molecule has 0 aromatic heterocycles. The summed E-state index contributed by atoms with van der Waals surface area (Å²) in [5.74, 6) is -0.770. The Balaban J connectivity index is 4.08. The highest BCUT2D eigenvalue weighted by Gasteiger charge is 2.16. The summed E-state index contributed by atoms with van der Waals surface area (Å²) >= 11 is 0. The van der Waals surface area contributed by atoms with Gasteiger partial charge < -0.3 is 10.2 Å². The van der Waals surface area contributed by atoms with Crippen molar-refractivity contribution >= 4 is 5.97 Å². The van der Waals surface area contributed by atoms with Crippen molar-refractivity contribution in [2.75, 3.05) is 19.7 Å². The molecule has 0 heterocycles. The minimum absolute atomic E-state index is 0.108. The maximum atomic E-state index is 10.5. The number of aliphatic hydroxyl groups excluding tert-OH is 1. The van der Waals surface area contributed by atoms with Crippen LogP contribution in [0.4, 0.5) is 0 Å². The number of hydrogen-bond acceptors (Lipinski definition) is 3. The average Bonchev–Trinajstić information content (AvgIpc) is 2.26. The van der Waals surface area contributed by atoms with E-state index in [1.165, 1.54) is 0 Å². The largest absolute Gasteiger partial charge is 0.481 e. The van der Waals surface area contributed by atoms with Gasteiger partial charge in [0.15, 0.2) is 0 Å². The lowest BCUT2D eigenvalue weighted by molar-refractivity contribution is -0.137. The fourth-order valence-corrected chi connectivity index (χ4v) is 1.78. The fraction of sp³-hybridized carbons (Fsp3) is 0.917. The summed E-state index contributed by atoms with van der Waals surface area (Å²) in [5.41, 5.74) is 0. The van der Waals surface area contributed by atoms with Gasteiger partial charge in [-0.1, -0.05) is 26.7 Å². The Morgan fingerprint density at radius 1 is 1.25 bits per heavy atom. The molecule has 4 heteroatoms. The van der Waals surface area contributed by atoms with Crippen LogP contribution < -0.4 is 0 Å². The van der Waals surface area contributed by atoms with Gasteiger partial charge in [-0.05, 0) is 19.4 Å². The molecule has 96 valence electrons. The van der Waals surface area contributed by atoms with Gasteiger partial charge in [0.1, 0.15) is 0 Å². The number of carbonyl (C=O) groups is 1. The van der Waals surface area contributed by atoms with Crippen LogP contribution in [-0.2, 0) is 4.79 Å². The van der Waals surface area contributed by atoms with Crippen molar-refractivity contribution in [1.82, 2.24) is 4.90 Å². The van der Waals surface area contributed by atoms with Crippen LogP contribution in [-0.4, -0.2) is 46.8 Å². The molecule has 0 aliphatic carbocycles. The highest BCUT2D eigenvalue weighted by Crippen LogP contribution is 2.07. The van der Waals surface area contributed by atoms with E-state index in [9.17, 15) is 9.90 Å². The molecule has 0 aliphatic heterocycles. The van der Waals surface area contributed by atoms with E-state index in [-0.39, 0.29) is 19.1 Å². The van der Waals surface area contributed by atoms with Crippen molar-refractivity contribution < 1.29 is 15.0 Å². The lowest BCUT2D eigenvalue weighted by atomic mass is 10.1. The summed E-state index contributed by atoms with van der Waals surface area (Å²) in [6, 6.07) is 0.108. The summed E-state index contributed by atoms with van der Waals surface area (Å²) in [4.78, 5) is 12.6. The van der Waals surface area contributed by atoms with Gasteiger partial charge in [-0.15, -0.1) is 0 Å². The first kappa shape index (κ1) is 15.4. The summed E-state index contributed by atoms with van der Waals surface area (Å²) < 4.78 is 0. The Bertz CT molecular complexity index is 181. The van der Waals surface area contributed by atoms with Gasteiger partial charge >= 0.3 is 5.97 Å². The quantitative estimate of drug-likeness (QED) is 0.562. The van der Waals surface area contributed by atoms with Gasteiger partial charge in [0.05, 0.1) is 13.0 Å². The molecule has 0 saturated heterocycles. The molecule has 16 heavy (non-hydrogen) atoms. The number of aliphatic carboxylic acids is 1. The zero-order chi connectivity index (χ0) is 12.4. The molecule has 0 aromatic carbocycles. The second-order valence-electron chi connectivity index (χ2n) is 4.13. The van der Waals surface area contributed by atoms with Crippen LogP contribution in [0.1, 0.15) is 46.0 Å². The van der Waals surface area contributed by atoms with Gasteiger partial charge in [0, 0.05) is 12.6 Å². The van der Waals surface area contributed by atoms with E-state index < -0.39 is 5.97 Å². The van der Waals surface area contributed by atoms with Gasteiger partial charge in [0.25, 0.3) is 0 Å². The van der Waals surface area contributed by atoms with Crippen LogP contribution in [0.3, 0.4) is 0 Å². The molecule has 0 rings (SSSR count). The standard InChI is InChI=1S/C12H25NO3/c1-3-5-6-8-13(9-7-12(15)16)11(4-2)10-14/h11,14H,3-10H2,1-2H3,(H,15,16). The van der Waals surface area contributed by atoms with Crippen molar-refractivity contribution in [1.29, 1.82) is 0 Å². The zero-order valence-corrected chi connectivity index (χ0v) is 10.5. The van der Waals surface area contributed by atoms with Gasteiger partial charge in [0.2, 0.25) is 0 Å². The second kappa shape index (κ2) is 9.60. The van der Waals surface area contributed by atoms with Crippen molar-refractivity contribution in [3.8, 4) is 0 Å². The van der Waals surface area contributed by atoms with E-state index in [0.29, 0.717) is 6.54 Å². The van der Waals surface area contributed by atoms with Crippen LogP contribution in [0.2, 0.25) is 0 Å². The molecule has 0 amide bonds. The van der Waals surface area contributed by atoms with Crippen LogP contribution in [0.15, 0.2) is 0 Å². The molecule has 1 atom stereocenters. The Morgan fingerprint density at radius 3 is 2.38 bits per heavy atom. The third-order valence-electron chi connectivity index (χ3n) is 2.86. The molecule has 4 nitrogen and oxygen atoms in total. The molecular weight excluding hydrogens is 206 g/mol. The lowest BCUT2D eigenvalue weighted by Gasteiger charge is -2.29. The number of carboxylic acids is 1. The predicted octanol–water partition coefficient (Wildman–Crippen LogP) is 1.72. The van der Waals surface area contributed by atoms with Crippen molar-refractivity contribution in [2.45, 2.75) is 52.0 Å². The molecule has 0 radical (unpaired) electrons. The Labute approximate surface area is 98.3 Å². The highest BCUT2D eigenvalue weighted by atomic mass is 16.4. The number of aliphatic hydroxyl groups is 1. The van der Waals surface area contributed by atoms with Gasteiger partial charge in [-0.25, -0.2) is 0 Å². The summed E-state index contributed by atoms with van der Waals surface area (Å²) in [7, 11) is 0. The number of rotatable bonds is 10. The van der Waals surface area contributed by atoms with E-state index in [1.54, 1.807) is 0 Å². The minimum atomic E-state index is -0.770. The summed E-state index contributed by atoms with van der Waals surface area (Å²) in [6.45, 7) is 5.71. The smallest absolute Gasteiger partial charge is 0.304 e. The van der Waals surface area contributed by atoms with Crippen LogP contribution in [0, 0.1) is 0 Å². The SMILES string of the molecule is CCCCCN(CCC(=O)O)C(CC)CO. The molecule has 0 aliphatic rings. The van der Waals surface area contributed by atoms with E-state index in [4.69, 9.17) is 5.11 Å².